The van der Waals surface area contributed by atoms with Crippen molar-refractivity contribution in [3.05, 3.63) is 64.8 Å². The number of amides is 1. The molecule has 0 radical (unpaired) electrons. The molecule has 144 valence electrons. The van der Waals surface area contributed by atoms with Crippen molar-refractivity contribution in [3.63, 3.8) is 0 Å². The molecule has 2 heterocycles. The predicted octanol–water partition coefficient (Wildman–Crippen LogP) is 4.18. The van der Waals surface area contributed by atoms with Crippen molar-refractivity contribution >= 4 is 23.3 Å². The van der Waals surface area contributed by atoms with E-state index >= 15 is 0 Å². The minimum absolute atomic E-state index is 0.0787. The molecule has 0 saturated heterocycles. The first-order chi connectivity index (χ1) is 13.6. The zero-order valence-corrected chi connectivity index (χ0v) is 16.2. The molecule has 0 aliphatic carbocycles. The van der Waals surface area contributed by atoms with Crippen molar-refractivity contribution in [2.24, 2.45) is 0 Å². The van der Waals surface area contributed by atoms with Crippen molar-refractivity contribution in [1.29, 1.82) is 0 Å². The maximum Gasteiger partial charge on any atom is 0.225 e. The molecule has 1 amide bonds. The fourth-order valence-corrected chi connectivity index (χ4v) is 3.20. The summed E-state index contributed by atoms with van der Waals surface area (Å²) < 4.78 is 12.8. The molecule has 1 N–H and O–H groups in total. The molecule has 1 aliphatic heterocycles. The number of aromatic nitrogens is 2. The summed E-state index contributed by atoms with van der Waals surface area (Å²) in [6.07, 6.45) is 0.959. The largest absolute Gasteiger partial charge is 0.486 e. The molecule has 0 saturated carbocycles. The van der Waals surface area contributed by atoms with Gasteiger partial charge in [-0.2, -0.15) is 5.10 Å². The fourth-order valence-electron chi connectivity index (χ4n) is 3.07. The van der Waals surface area contributed by atoms with Crippen LogP contribution in [-0.4, -0.2) is 28.9 Å². The summed E-state index contributed by atoms with van der Waals surface area (Å²) in [5, 5.41) is 8.06. The Bertz CT molecular complexity index is 999. The van der Waals surface area contributed by atoms with Crippen molar-refractivity contribution in [3.8, 4) is 17.2 Å². The lowest BCUT2D eigenvalue weighted by atomic mass is 10.1. The second-order valence-electron chi connectivity index (χ2n) is 6.59. The zero-order valence-electron chi connectivity index (χ0n) is 15.4. The number of benzene rings is 2. The third-order valence-electron chi connectivity index (χ3n) is 4.42. The van der Waals surface area contributed by atoms with Crippen LogP contribution in [0.3, 0.4) is 0 Å². The predicted molar refractivity (Wildman–Crippen MR) is 108 cm³/mol. The number of hydrogen-bond donors (Lipinski definition) is 1. The minimum Gasteiger partial charge on any atom is -0.486 e. The van der Waals surface area contributed by atoms with Gasteiger partial charge in [0.15, 0.2) is 11.5 Å². The van der Waals surface area contributed by atoms with Gasteiger partial charge in [-0.05, 0) is 55.3 Å². The quantitative estimate of drug-likeness (QED) is 0.701. The van der Waals surface area contributed by atoms with Crippen LogP contribution >= 0.6 is 11.6 Å². The van der Waals surface area contributed by atoms with Gasteiger partial charge >= 0.3 is 0 Å². The number of hydrogen-bond acceptors (Lipinski definition) is 4. The standard InChI is InChI=1S/C21H20ClN3O3/c1-14-12-20(25(24-14)17-6-4-16(22)5-7-17)23-21(26)9-3-15-2-8-18-19(13-15)28-11-10-27-18/h2,4-8,12-13H,3,9-11H2,1H3,(H,23,26). The van der Waals surface area contributed by atoms with Crippen molar-refractivity contribution in [1.82, 2.24) is 9.78 Å². The number of ether oxygens (including phenoxy) is 2. The Balaban J connectivity index is 1.42. The summed E-state index contributed by atoms with van der Waals surface area (Å²) in [7, 11) is 0. The van der Waals surface area contributed by atoms with Crippen LogP contribution in [-0.2, 0) is 11.2 Å². The van der Waals surface area contributed by atoms with Crippen LogP contribution in [0.25, 0.3) is 5.69 Å². The van der Waals surface area contributed by atoms with E-state index < -0.39 is 0 Å². The van der Waals surface area contributed by atoms with E-state index in [1.54, 1.807) is 16.8 Å². The SMILES string of the molecule is Cc1cc(NC(=O)CCc2ccc3c(c2)OCCO3)n(-c2ccc(Cl)cc2)n1. The molecule has 0 bridgehead atoms. The number of aryl methyl sites for hydroxylation is 2. The van der Waals surface area contributed by atoms with Crippen LogP contribution in [0.15, 0.2) is 48.5 Å². The van der Waals surface area contributed by atoms with E-state index in [0.717, 1.165) is 28.4 Å². The topological polar surface area (TPSA) is 65.4 Å². The second-order valence-corrected chi connectivity index (χ2v) is 7.02. The molecule has 2 aromatic carbocycles. The second kappa shape index (κ2) is 7.94. The van der Waals surface area contributed by atoms with Gasteiger partial charge in [0.1, 0.15) is 19.0 Å². The molecule has 28 heavy (non-hydrogen) atoms. The zero-order chi connectivity index (χ0) is 19.5. The van der Waals surface area contributed by atoms with Gasteiger partial charge in [-0.1, -0.05) is 17.7 Å². The van der Waals surface area contributed by atoms with E-state index in [0.29, 0.717) is 36.9 Å². The maximum absolute atomic E-state index is 12.5. The third kappa shape index (κ3) is 4.12. The van der Waals surface area contributed by atoms with Crippen LogP contribution < -0.4 is 14.8 Å². The van der Waals surface area contributed by atoms with E-state index in [1.807, 2.05) is 43.3 Å². The lowest BCUT2D eigenvalue weighted by molar-refractivity contribution is -0.116. The summed E-state index contributed by atoms with van der Waals surface area (Å²) >= 11 is 5.96. The first-order valence-corrected chi connectivity index (χ1v) is 9.47. The van der Waals surface area contributed by atoms with E-state index in [2.05, 4.69) is 10.4 Å². The van der Waals surface area contributed by atoms with Gasteiger partial charge in [0.2, 0.25) is 5.91 Å². The Labute approximate surface area is 168 Å². The molecule has 0 spiro atoms. The molecule has 6 nitrogen and oxygen atoms in total. The molecule has 0 fully saturated rings. The highest BCUT2D eigenvalue weighted by Crippen LogP contribution is 2.31. The van der Waals surface area contributed by atoms with Crippen molar-refractivity contribution < 1.29 is 14.3 Å². The first kappa shape index (κ1) is 18.4. The number of anilines is 1. The average Bonchev–Trinajstić information content (AvgIpc) is 3.06. The summed E-state index contributed by atoms with van der Waals surface area (Å²) in [5.41, 5.74) is 2.68. The van der Waals surface area contributed by atoms with Crippen molar-refractivity contribution in [2.75, 3.05) is 18.5 Å². The number of nitrogens with zero attached hydrogens (tertiary/aromatic N) is 2. The fraction of sp³-hybridized carbons (Fsp3) is 0.238. The Kier molecular flexibility index (Phi) is 5.21. The Hall–Kier alpha value is -2.99. The van der Waals surface area contributed by atoms with Gasteiger partial charge in [0.05, 0.1) is 11.4 Å². The summed E-state index contributed by atoms with van der Waals surface area (Å²) in [6, 6.07) is 14.9. The smallest absolute Gasteiger partial charge is 0.225 e. The van der Waals surface area contributed by atoms with Crippen molar-refractivity contribution in [2.45, 2.75) is 19.8 Å². The molecule has 1 aromatic heterocycles. The number of nitrogens with one attached hydrogen (secondary N) is 1. The molecule has 4 rings (SSSR count). The highest BCUT2D eigenvalue weighted by molar-refractivity contribution is 6.30. The van der Waals surface area contributed by atoms with Crippen LogP contribution in [0.5, 0.6) is 11.5 Å². The minimum atomic E-state index is -0.0787. The lowest BCUT2D eigenvalue weighted by Gasteiger charge is -2.18. The van der Waals surface area contributed by atoms with Crippen LogP contribution in [0.4, 0.5) is 5.82 Å². The molecule has 0 atom stereocenters. The Morgan fingerprint density at radius 1 is 1.11 bits per heavy atom. The molecule has 3 aromatic rings. The number of carbonyl (C=O) groups is 1. The van der Waals surface area contributed by atoms with Gasteiger partial charge in [-0.25, -0.2) is 4.68 Å². The normalized spacial score (nSPS) is 12.6. The monoisotopic (exact) mass is 397 g/mol. The molecular formula is C21H20ClN3O3. The van der Waals surface area contributed by atoms with E-state index in [4.69, 9.17) is 21.1 Å². The third-order valence-corrected chi connectivity index (χ3v) is 4.67. The van der Waals surface area contributed by atoms with Gasteiger partial charge in [-0.3, -0.25) is 4.79 Å². The Morgan fingerprint density at radius 3 is 2.64 bits per heavy atom. The number of halogens is 1. The van der Waals surface area contributed by atoms with Gasteiger partial charge in [0.25, 0.3) is 0 Å². The first-order valence-electron chi connectivity index (χ1n) is 9.09. The average molecular weight is 398 g/mol. The van der Waals surface area contributed by atoms with Gasteiger partial charge in [-0.15, -0.1) is 0 Å². The lowest BCUT2D eigenvalue weighted by Crippen LogP contribution is -2.16. The van der Waals surface area contributed by atoms with E-state index in [1.165, 1.54) is 0 Å². The van der Waals surface area contributed by atoms with E-state index in [-0.39, 0.29) is 5.91 Å². The molecular weight excluding hydrogens is 378 g/mol. The summed E-state index contributed by atoms with van der Waals surface area (Å²) in [4.78, 5) is 12.5. The highest BCUT2D eigenvalue weighted by atomic mass is 35.5. The van der Waals surface area contributed by atoms with Crippen LogP contribution in [0, 0.1) is 6.92 Å². The maximum atomic E-state index is 12.5. The number of rotatable bonds is 5. The number of fused-ring (bicyclic) bond motifs is 1. The van der Waals surface area contributed by atoms with Gasteiger partial charge < -0.3 is 14.8 Å². The molecule has 1 aliphatic rings. The van der Waals surface area contributed by atoms with Crippen LogP contribution in [0.2, 0.25) is 5.02 Å². The molecule has 7 heteroatoms. The van der Waals surface area contributed by atoms with Gasteiger partial charge in [0, 0.05) is 17.5 Å². The summed E-state index contributed by atoms with van der Waals surface area (Å²) in [5.74, 6) is 2.04. The summed E-state index contributed by atoms with van der Waals surface area (Å²) in [6.45, 7) is 3.00. The molecule has 0 unspecified atom stereocenters. The van der Waals surface area contributed by atoms with Crippen LogP contribution in [0.1, 0.15) is 17.7 Å². The Morgan fingerprint density at radius 2 is 1.86 bits per heavy atom. The highest BCUT2D eigenvalue weighted by Gasteiger charge is 2.14. The number of carbonyl (C=O) groups excluding carboxylic acids is 1. The van der Waals surface area contributed by atoms with E-state index in [9.17, 15) is 4.79 Å².